The average Bonchev–Trinajstić information content (AvgIpc) is 3.06. The molecule has 0 saturated heterocycles. The van der Waals surface area contributed by atoms with Gasteiger partial charge in [0.05, 0.1) is 6.61 Å². The van der Waals surface area contributed by atoms with Gasteiger partial charge >= 0.3 is 29.6 Å². The van der Waals surface area contributed by atoms with Gasteiger partial charge in [-0.1, -0.05) is 251 Å². The van der Waals surface area contributed by atoms with E-state index in [1.54, 1.807) is 0 Å². The third-order valence-corrected chi connectivity index (χ3v) is 11.1. The number of unbranched alkanes of at least 4 members (excludes halogenated alkanes) is 35. The first-order valence-corrected chi connectivity index (χ1v) is 23.4. The molecule has 0 aromatic heterocycles. The molecule has 1 unspecified atom stereocenters. The van der Waals surface area contributed by atoms with Crippen molar-refractivity contribution in [3.63, 3.8) is 0 Å². The molecule has 0 radical (unpaired) electrons. The molecule has 0 aromatic carbocycles. The summed E-state index contributed by atoms with van der Waals surface area (Å²) in [7, 11) is -4.60. The van der Waals surface area contributed by atoms with E-state index in [0.717, 1.165) is 25.7 Å². The van der Waals surface area contributed by atoms with Gasteiger partial charge in [0.25, 0.3) is 0 Å². The maximum absolute atomic E-state index is 11.0. The van der Waals surface area contributed by atoms with Gasteiger partial charge in [0.2, 0.25) is 10.4 Å². The number of hydrogen-bond acceptors (Lipinski definition) is 4. The maximum atomic E-state index is 11.0. The molecule has 0 bridgehead atoms. The molecule has 0 aliphatic heterocycles. The zero-order valence-electron chi connectivity index (χ0n) is 33.9. The van der Waals surface area contributed by atoms with Crippen molar-refractivity contribution in [3.05, 3.63) is 0 Å². The third kappa shape index (κ3) is 46.8. The van der Waals surface area contributed by atoms with Gasteiger partial charge < -0.3 is 4.55 Å². The van der Waals surface area contributed by atoms with Gasteiger partial charge in [0.15, 0.2) is 0 Å². The van der Waals surface area contributed by atoms with E-state index >= 15 is 0 Å². The van der Waals surface area contributed by atoms with Crippen molar-refractivity contribution in [3.8, 4) is 0 Å². The number of hydrogen-bond donors (Lipinski definition) is 0. The van der Waals surface area contributed by atoms with Crippen molar-refractivity contribution < 1.29 is 46.7 Å². The molecule has 0 saturated carbocycles. The van der Waals surface area contributed by atoms with Crippen molar-refractivity contribution in [2.24, 2.45) is 5.92 Å². The van der Waals surface area contributed by atoms with Crippen LogP contribution in [0.2, 0.25) is 0 Å². The fraction of sp³-hybridized carbons (Fsp3) is 1.00. The van der Waals surface area contributed by atoms with Crippen molar-refractivity contribution in [2.75, 3.05) is 6.61 Å². The predicted octanol–water partition coefficient (Wildman–Crippen LogP) is 12.3. The molecule has 6 heteroatoms. The fourth-order valence-corrected chi connectivity index (χ4v) is 7.70. The van der Waals surface area contributed by atoms with Crippen LogP contribution in [0.5, 0.6) is 0 Å². The van der Waals surface area contributed by atoms with Gasteiger partial charge in [-0.15, -0.1) is 0 Å². The first-order chi connectivity index (χ1) is 23.5. The van der Waals surface area contributed by atoms with Crippen LogP contribution in [0.25, 0.3) is 0 Å². The molecular formula is C43H87NaO4S. The van der Waals surface area contributed by atoms with E-state index < -0.39 is 10.4 Å². The Hall–Kier alpha value is 0.870. The summed E-state index contributed by atoms with van der Waals surface area (Å²) in [6.07, 6.45) is 52.7. The molecule has 0 fully saturated rings. The van der Waals surface area contributed by atoms with Crippen LogP contribution in [0.3, 0.4) is 0 Å². The molecular weight excluding hydrogens is 636 g/mol. The van der Waals surface area contributed by atoms with Gasteiger partial charge in [0, 0.05) is 0 Å². The molecule has 0 aromatic rings. The topological polar surface area (TPSA) is 66.4 Å². The van der Waals surface area contributed by atoms with Crippen molar-refractivity contribution in [1.29, 1.82) is 0 Å². The largest absolute Gasteiger partial charge is 1.00 e. The summed E-state index contributed by atoms with van der Waals surface area (Å²) >= 11 is 0. The molecule has 4 nitrogen and oxygen atoms in total. The molecule has 0 rings (SSSR count). The maximum Gasteiger partial charge on any atom is 1.00 e. The third-order valence-electron chi connectivity index (χ3n) is 10.6. The Balaban J connectivity index is 0. The monoisotopic (exact) mass is 723 g/mol. The van der Waals surface area contributed by atoms with Crippen LogP contribution >= 0.6 is 0 Å². The first-order valence-electron chi connectivity index (χ1n) is 22.1. The van der Waals surface area contributed by atoms with E-state index in [4.69, 9.17) is 0 Å². The van der Waals surface area contributed by atoms with E-state index in [2.05, 4.69) is 18.0 Å². The second-order valence-electron chi connectivity index (χ2n) is 15.5. The Bertz CT molecular complexity index is 702. The molecule has 0 N–H and O–H groups in total. The minimum atomic E-state index is -4.60. The summed E-state index contributed by atoms with van der Waals surface area (Å²) < 4.78 is 37.8. The van der Waals surface area contributed by atoms with E-state index in [1.807, 2.05) is 0 Å². The minimum absolute atomic E-state index is 0. The summed E-state index contributed by atoms with van der Waals surface area (Å²) in [5, 5.41) is 0. The summed E-state index contributed by atoms with van der Waals surface area (Å²) in [5.74, 6) is 0.195. The summed E-state index contributed by atoms with van der Waals surface area (Å²) in [6.45, 7) is 4.65. The Kier molecular flexibility index (Phi) is 45.9. The quantitative estimate of drug-likeness (QED) is 0.0272. The SMILES string of the molecule is CCCCCCCCCCCCCCCCCCCCCC(CCCCCCCCCCCCCCCCCCCC)COS(=O)(=O)[O-].[Na+]. The zero-order chi connectivity index (χ0) is 35.1. The number of rotatable bonds is 42. The van der Waals surface area contributed by atoms with Crippen LogP contribution in [0, 0.1) is 5.92 Å². The Labute approximate surface area is 331 Å². The molecule has 0 spiro atoms. The Morgan fingerprint density at radius 3 is 0.735 bits per heavy atom. The second-order valence-corrected chi connectivity index (χ2v) is 16.6. The van der Waals surface area contributed by atoms with Gasteiger partial charge in [-0.2, -0.15) is 0 Å². The van der Waals surface area contributed by atoms with Crippen LogP contribution in [-0.4, -0.2) is 19.6 Å². The van der Waals surface area contributed by atoms with Crippen LogP contribution < -0.4 is 29.6 Å². The van der Waals surface area contributed by atoms with Crippen molar-refractivity contribution in [2.45, 2.75) is 264 Å². The van der Waals surface area contributed by atoms with Gasteiger partial charge in [-0.25, -0.2) is 8.42 Å². The summed E-state index contributed by atoms with van der Waals surface area (Å²) in [4.78, 5) is 0. The Morgan fingerprint density at radius 1 is 0.367 bits per heavy atom. The molecule has 0 aliphatic rings. The van der Waals surface area contributed by atoms with E-state index in [1.165, 1.54) is 225 Å². The van der Waals surface area contributed by atoms with Gasteiger partial charge in [-0.05, 0) is 18.8 Å². The summed E-state index contributed by atoms with van der Waals surface area (Å²) in [5.41, 5.74) is 0. The van der Waals surface area contributed by atoms with E-state index in [0.29, 0.717) is 0 Å². The van der Waals surface area contributed by atoms with E-state index in [-0.39, 0.29) is 42.1 Å². The molecule has 0 heterocycles. The Morgan fingerprint density at radius 2 is 0.551 bits per heavy atom. The van der Waals surface area contributed by atoms with Crippen molar-refractivity contribution in [1.82, 2.24) is 0 Å². The minimum Gasteiger partial charge on any atom is -0.726 e. The van der Waals surface area contributed by atoms with Gasteiger partial charge in [0.1, 0.15) is 0 Å². The molecule has 0 aliphatic carbocycles. The fourth-order valence-electron chi connectivity index (χ4n) is 7.34. The molecule has 290 valence electrons. The standard InChI is InChI=1S/C43H88O4S.Na/c1-3-5-7-9-11-13-15-17-19-21-23-25-27-29-31-33-35-37-39-41-43(42-47-48(44,45)46)40-38-36-34-32-30-28-26-24-22-20-18-16-14-12-10-8-6-4-2;/h43H,3-42H2,1-2H3,(H,44,45,46);/q;+1/p-1. The zero-order valence-corrected chi connectivity index (χ0v) is 36.7. The van der Waals surface area contributed by atoms with Gasteiger partial charge in [-0.3, -0.25) is 4.18 Å². The molecule has 0 amide bonds. The van der Waals surface area contributed by atoms with Crippen LogP contribution in [-0.2, 0) is 14.6 Å². The van der Waals surface area contributed by atoms with Crippen LogP contribution in [0.1, 0.15) is 264 Å². The normalized spacial score (nSPS) is 12.4. The van der Waals surface area contributed by atoms with Crippen LogP contribution in [0.15, 0.2) is 0 Å². The molecule has 1 atom stereocenters. The van der Waals surface area contributed by atoms with Crippen molar-refractivity contribution >= 4 is 10.4 Å². The second kappa shape index (κ2) is 43.3. The summed E-state index contributed by atoms with van der Waals surface area (Å²) in [6, 6.07) is 0. The average molecular weight is 723 g/mol. The van der Waals surface area contributed by atoms with E-state index in [9.17, 15) is 13.0 Å². The van der Waals surface area contributed by atoms with Crippen LogP contribution in [0.4, 0.5) is 0 Å². The first kappa shape index (κ1) is 52.0. The predicted molar refractivity (Wildman–Crippen MR) is 211 cm³/mol. The smallest absolute Gasteiger partial charge is 0.726 e. The molecule has 49 heavy (non-hydrogen) atoms.